The molecule has 1 amide bonds. The van der Waals surface area contributed by atoms with Crippen molar-refractivity contribution in [3.05, 3.63) is 47.2 Å². The summed E-state index contributed by atoms with van der Waals surface area (Å²) in [5.41, 5.74) is 1.15. The highest BCUT2D eigenvalue weighted by Gasteiger charge is 2.54. The number of ether oxygens (including phenoxy) is 1. The fourth-order valence-corrected chi connectivity index (χ4v) is 4.83. The molecule has 2 heterocycles. The molecule has 2 aliphatic rings. The second-order valence-corrected chi connectivity index (χ2v) is 7.96. The number of hydrogen-bond acceptors (Lipinski definition) is 6. The smallest absolute Gasteiger partial charge is 0.352 e. The summed E-state index contributed by atoms with van der Waals surface area (Å²) in [4.78, 5) is 49.2. The molecule has 3 rings (SSSR count). The van der Waals surface area contributed by atoms with Crippen LogP contribution in [0.2, 0.25) is 0 Å². The maximum atomic E-state index is 12.7. The predicted molar refractivity (Wildman–Crippen MR) is 102 cm³/mol. The van der Waals surface area contributed by atoms with Gasteiger partial charge in [0.25, 0.3) is 0 Å². The van der Waals surface area contributed by atoms with Gasteiger partial charge in [-0.15, -0.1) is 11.8 Å². The minimum absolute atomic E-state index is 0.0450. The van der Waals surface area contributed by atoms with Crippen molar-refractivity contribution < 1.29 is 29.0 Å². The number of amides is 1. The zero-order valence-electron chi connectivity index (χ0n) is 15.6. The lowest BCUT2D eigenvalue weighted by atomic mass is 9.85. The van der Waals surface area contributed by atoms with Crippen molar-refractivity contribution >= 4 is 35.4 Å². The highest BCUT2D eigenvalue weighted by Crippen LogP contribution is 2.45. The Labute approximate surface area is 166 Å². The van der Waals surface area contributed by atoms with E-state index in [1.807, 2.05) is 37.3 Å². The number of benzene rings is 1. The summed E-state index contributed by atoms with van der Waals surface area (Å²) in [5, 5.41) is 9.17. The minimum atomic E-state index is -1.23. The van der Waals surface area contributed by atoms with Gasteiger partial charge in [-0.2, -0.15) is 0 Å². The van der Waals surface area contributed by atoms with Crippen molar-refractivity contribution in [1.82, 2.24) is 4.90 Å². The van der Waals surface area contributed by atoms with Crippen molar-refractivity contribution in [3.63, 3.8) is 0 Å². The van der Waals surface area contributed by atoms with E-state index in [2.05, 4.69) is 0 Å². The van der Waals surface area contributed by atoms with Gasteiger partial charge in [-0.3, -0.25) is 19.3 Å². The molecule has 1 saturated heterocycles. The summed E-state index contributed by atoms with van der Waals surface area (Å²) < 4.78 is 4.91. The molecule has 0 aromatic heterocycles. The van der Waals surface area contributed by atoms with Gasteiger partial charge in [0.1, 0.15) is 18.1 Å². The van der Waals surface area contributed by atoms with E-state index in [4.69, 9.17) is 4.74 Å². The minimum Gasteiger partial charge on any atom is -0.477 e. The number of fused-ring (bicyclic) bond motifs is 1. The summed E-state index contributed by atoms with van der Waals surface area (Å²) in [6.07, 6.45) is 0.0786. The van der Waals surface area contributed by atoms with Gasteiger partial charge < -0.3 is 9.84 Å². The van der Waals surface area contributed by atoms with Crippen LogP contribution < -0.4 is 0 Å². The standard InChI is InChI=1S/C20H21NO6S/c1-11(13-6-4-3-5-7-13)16(23)8-15-18(24)21-17(20(25)26)14(9-27-12(2)22)10-28-19(15)21/h3-7,11,15,19H,8-10H2,1-2H3,(H,25,26)/t11?,15-,19-/m1/s1. The maximum Gasteiger partial charge on any atom is 0.352 e. The average molecular weight is 403 g/mol. The second-order valence-electron chi connectivity index (χ2n) is 6.86. The Hall–Kier alpha value is -2.61. The Bertz CT molecular complexity index is 850. The van der Waals surface area contributed by atoms with Crippen LogP contribution in [0, 0.1) is 5.92 Å². The van der Waals surface area contributed by atoms with E-state index in [-0.39, 0.29) is 41.7 Å². The molecule has 0 spiro atoms. The molecule has 7 nitrogen and oxygen atoms in total. The Morgan fingerprint density at radius 1 is 1.29 bits per heavy atom. The Balaban J connectivity index is 1.72. The molecular formula is C20H21NO6S. The van der Waals surface area contributed by atoms with Gasteiger partial charge in [-0.1, -0.05) is 37.3 Å². The molecule has 1 unspecified atom stereocenters. The van der Waals surface area contributed by atoms with E-state index in [1.54, 1.807) is 0 Å². The number of carbonyl (C=O) groups is 4. The fraction of sp³-hybridized carbons (Fsp3) is 0.400. The first kappa shape index (κ1) is 20.1. The van der Waals surface area contributed by atoms with Gasteiger partial charge in [0, 0.05) is 30.6 Å². The number of thioether (sulfide) groups is 1. The van der Waals surface area contributed by atoms with Crippen LogP contribution in [0.3, 0.4) is 0 Å². The van der Waals surface area contributed by atoms with Crippen LogP contribution in [0.15, 0.2) is 41.6 Å². The van der Waals surface area contributed by atoms with E-state index in [1.165, 1.54) is 23.6 Å². The van der Waals surface area contributed by atoms with E-state index in [0.717, 1.165) is 5.56 Å². The number of β-lactam (4-membered cyclic amide) rings is 1. The molecule has 0 radical (unpaired) electrons. The first-order chi connectivity index (χ1) is 13.3. The predicted octanol–water partition coefficient (Wildman–Crippen LogP) is 2.18. The largest absolute Gasteiger partial charge is 0.477 e. The number of carboxylic acid groups (broad SMARTS) is 1. The SMILES string of the molecule is CC(=O)OCC1=C(C(=O)O)N2C(=O)[C@@H](CC(=O)C(C)c3ccccc3)[C@H]2SC1. The number of nitrogens with zero attached hydrogens (tertiary/aromatic N) is 1. The number of ketones is 1. The molecular weight excluding hydrogens is 382 g/mol. The summed E-state index contributed by atoms with van der Waals surface area (Å²) in [6, 6.07) is 9.35. The Kier molecular flexibility index (Phi) is 5.88. The van der Waals surface area contributed by atoms with E-state index in [9.17, 15) is 24.3 Å². The van der Waals surface area contributed by atoms with Crippen LogP contribution >= 0.6 is 11.8 Å². The third-order valence-corrected chi connectivity index (χ3v) is 6.41. The van der Waals surface area contributed by atoms with Gasteiger partial charge in [0.15, 0.2) is 0 Å². The Morgan fingerprint density at radius 2 is 1.96 bits per heavy atom. The van der Waals surface area contributed by atoms with Crippen molar-refractivity contribution in [1.29, 1.82) is 0 Å². The van der Waals surface area contributed by atoms with Crippen molar-refractivity contribution in [3.8, 4) is 0 Å². The molecule has 0 bridgehead atoms. The molecule has 1 fully saturated rings. The lowest BCUT2D eigenvalue weighted by Crippen LogP contribution is -2.62. The molecule has 148 valence electrons. The quantitative estimate of drug-likeness (QED) is 0.550. The molecule has 2 aliphatic heterocycles. The number of carboxylic acids is 1. The summed E-state index contributed by atoms with van der Waals surface area (Å²) in [5.74, 6) is -2.69. The van der Waals surface area contributed by atoms with Gasteiger partial charge in [-0.05, 0) is 5.56 Å². The van der Waals surface area contributed by atoms with Crippen molar-refractivity contribution in [2.24, 2.45) is 5.92 Å². The fourth-order valence-electron chi connectivity index (χ4n) is 3.44. The first-order valence-corrected chi connectivity index (χ1v) is 9.97. The number of Topliss-reactive ketones (excluding diaryl/α,β-unsaturated/α-hetero) is 1. The zero-order chi connectivity index (χ0) is 20.4. The zero-order valence-corrected chi connectivity index (χ0v) is 16.4. The van der Waals surface area contributed by atoms with Gasteiger partial charge in [0.2, 0.25) is 5.91 Å². The van der Waals surface area contributed by atoms with Crippen LogP contribution in [0.1, 0.15) is 31.7 Å². The molecule has 1 N–H and O–H groups in total. The van der Waals surface area contributed by atoms with E-state index < -0.39 is 17.9 Å². The average Bonchev–Trinajstić information content (AvgIpc) is 2.69. The monoisotopic (exact) mass is 403 g/mol. The summed E-state index contributed by atoms with van der Waals surface area (Å²) in [6.45, 7) is 2.89. The van der Waals surface area contributed by atoms with Gasteiger partial charge in [0.05, 0.1) is 11.3 Å². The molecule has 0 aliphatic carbocycles. The number of carbonyl (C=O) groups excluding carboxylic acids is 3. The summed E-state index contributed by atoms with van der Waals surface area (Å²) in [7, 11) is 0. The lowest BCUT2D eigenvalue weighted by Gasteiger charge is -2.49. The highest BCUT2D eigenvalue weighted by molar-refractivity contribution is 8.00. The molecule has 28 heavy (non-hydrogen) atoms. The van der Waals surface area contributed by atoms with Crippen LogP contribution in [-0.2, 0) is 23.9 Å². The lowest BCUT2D eigenvalue weighted by molar-refractivity contribution is -0.154. The maximum absolute atomic E-state index is 12.7. The van der Waals surface area contributed by atoms with Gasteiger partial charge in [-0.25, -0.2) is 4.79 Å². The number of aliphatic carboxylic acids is 1. The van der Waals surface area contributed by atoms with Crippen LogP contribution in [0.4, 0.5) is 0 Å². The third kappa shape index (κ3) is 3.82. The Morgan fingerprint density at radius 3 is 2.57 bits per heavy atom. The third-order valence-electron chi connectivity index (χ3n) is 5.01. The van der Waals surface area contributed by atoms with Crippen LogP contribution in [0.5, 0.6) is 0 Å². The second kappa shape index (κ2) is 8.18. The number of hydrogen-bond donors (Lipinski definition) is 1. The van der Waals surface area contributed by atoms with Crippen LogP contribution in [-0.4, -0.2) is 51.4 Å². The van der Waals surface area contributed by atoms with E-state index >= 15 is 0 Å². The normalized spacial score (nSPS) is 22.2. The van der Waals surface area contributed by atoms with Crippen molar-refractivity contribution in [2.45, 2.75) is 31.6 Å². The topological polar surface area (TPSA) is 101 Å². The first-order valence-electron chi connectivity index (χ1n) is 8.92. The molecule has 0 saturated carbocycles. The molecule has 1 aromatic carbocycles. The van der Waals surface area contributed by atoms with E-state index in [0.29, 0.717) is 11.3 Å². The molecule has 3 atom stereocenters. The van der Waals surface area contributed by atoms with Gasteiger partial charge >= 0.3 is 11.9 Å². The highest BCUT2D eigenvalue weighted by atomic mass is 32.2. The number of rotatable bonds is 7. The molecule has 8 heteroatoms. The van der Waals surface area contributed by atoms with Crippen molar-refractivity contribution in [2.75, 3.05) is 12.4 Å². The molecule has 1 aromatic rings. The van der Waals surface area contributed by atoms with Crippen LogP contribution in [0.25, 0.3) is 0 Å². The summed E-state index contributed by atoms with van der Waals surface area (Å²) >= 11 is 1.40. The number of esters is 1.